The van der Waals surface area contributed by atoms with E-state index in [-0.39, 0.29) is 34.9 Å². The predicted molar refractivity (Wildman–Crippen MR) is 110 cm³/mol. The fraction of sp³-hybridized carbons (Fsp3) is 0.158. The molecular formula is C19H19N5O4S. The Bertz CT molecular complexity index is 1060. The number of H-pyrrole nitrogens is 1. The van der Waals surface area contributed by atoms with Crippen LogP contribution in [-0.2, 0) is 11.3 Å². The molecule has 0 spiro atoms. The molecule has 2 aromatic heterocycles. The number of aromatic nitrogens is 2. The number of nitrogens with zero attached hydrogens (tertiary/aromatic N) is 1. The molecule has 5 N–H and O–H groups in total. The third-order valence-electron chi connectivity index (χ3n) is 3.86. The second-order valence-corrected chi connectivity index (χ2v) is 7.06. The van der Waals surface area contributed by atoms with Gasteiger partial charge < -0.3 is 20.8 Å². The molecule has 9 nitrogen and oxygen atoms in total. The summed E-state index contributed by atoms with van der Waals surface area (Å²) in [7, 11) is 0. The van der Waals surface area contributed by atoms with Gasteiger partial charge in [0, 0.05) is 5.56 Å². The minimum absolute atomic E-state index is 0.0260. The number of aromatic amines is 1. The third kappa shape index (κ3) is 5.48. The highest BCUT2D eigenvalue weighted by Crippen LogP contribution is 2.17. The van der Waals surface area contributed by atoms with Gasteiger partial charge in [0.05, 0.1) is 18.6 Å². The first-order valence-corrected chi connectivity index (χ1v) is 9.60. The van der Waals surface area contributed by atoms with Gasteiger partial charge in [-0.1, -0.05) is 29.5 Å². The number of carbonyl (C=O) groups excluding carboxylic acids is 2. The lowest BCUT2D eigenvalue weighted by Crippen LogP contribution is -2.25. The lowest BCUT2D eigenvalue weighted by atomic mass is 10.1. The van der Waals surface area contributed by atoms with Crippen molar-refractivity contribution in [2.75, 3.05) is 16.8 Å². The smallest absolute Gasteiger partial charge is 0.277 e. The summed E-state index contributed by atoms with van der Waals surface area (Å²) in [5, 5.41) is 5.33. The molecule has 0 aliphatic heterocycles. The van der Waals surface area contributed by atoms with Crippen molar-refractivity contribution in [3.63, 3.8) is 0 Å². The Kier molecular flexibility index (Phi) is 6.35. The number of furan rings is 1. The van der Waals surface area contributed by atoms with Gasteiger partial charge in [-0.3, -0.25) is 19.4 Å². The molecule has 0 atom stereocenters. The third-order valence-corrected chi connectivity index (χ3v) is 4.73. The molecule has 0 saturated heterocycles. The average molecular weight is 413 g/mol. The minimum atomic E-state index is -0.601. The largest absolute Gasteiger partial charge is 0.467 e. The van der Waals surface area contributed by atoms with Gasteiger partial charge in [0.1, 0.15) is 11.4 Å². The number of hydrogen-bond donors (Lipinski definition) is 4. The van der Waals surface area contributed by atoms with Crippen LogP contribution in [-0.4, -0.2) is 27.5 Å². The minimum Gasteiger partial charge on any atom is -0.467 e. The van der Waals surface area contributed by atoms with Crippen LogP contribution in [0.1, 0.15) is 21.7 Å². The first-order valence-electron chi connectivity index (χ1n) is 8.62. The van der Waals surface area contributed by atoms with Crippen molar-refractivity contribution in [2.24, 2.45) is 0 Å². The number of thioether (sulfide) groups is 1. The van der Waals surface area contributed by atoms with E-state index < -0.39 is 11.5 Å². The molecule has 0 aliphatic carbocycles. The number of carbonyl (C=O) groups is 2. The van der Waals surface area contributed by atoms with E-state index in [1.807, 2.05) is 6.92 Å². The van der Waals surface area contributed by atoms with Crippen molar-refractivity contribution < 1.29 is 14.0 Å². The zero-order valence-corrected chi connectivity index (χ0v) is 16.3. The summed E-state index contributed by atoms with van der Waals surface area (Å²) in [6.07, 6.45) is 1.52. The van der Waals surface area contributed by atoms with E-state index >= 15 is 0 Å². The Hall–Kier alpha value is -3.53. The van der Waals surface area contributed by atoms with Crippen LogP contribution in [0.3, 0.4) is 0 Å². The molecule has 0 fully saturated rings. The molecule has 0 saturated carbocycles. The molecule has 0 radical (unpaired) electrons. The highest BCUT2D eigenvalue weighted by molar-refractivity contribution is 7.99. The van der Waals surface area contributed by atoms with Gasteiger partial charge in [-0.15, -0.1) is 0 Å². The van der Waals surface area contributed by atoms with Gasteiger partial charge >= 0.3 is 0 Å². The maximum Gasteiger partial charge on any atom is 0.277 e. The molecule has 3 rings (SSSR count). The van der Waals surface area contributed by atoms with Crippen LogP contribution in [0.25, 0.3) is 0 Å². The maximum atomic E-state index is 12.3. The Balaban J connectivity index is 1.59. The van der Waals surface area contributed by atoms with Gasteiger partial charge in [0.2, 0.25) is 5.91 Å². The number of aryl methyl sites for hydroxylation is 1. The van der Waals surface area contributed by atoms with Crippen LogP contribution in [0.15, 0.2) is 57.0 Å². The van der Waals surface area contributed by atoms with Crippen molar-refractivity contribution in [2.45, 2.75) is 18.6 Å². The van der Waals surface area contributed by atoms with Crippen LogP contribution in [0.4, 0.5) is 11.5 Å². The molecule has 1 aromatic carbocycles. The summed E-state index contributed by atoms with van der Waals surface area (Å²) in [6.45, 7) is 2.17. The van der Waals surface area contributed by atoms with Crippen LogP contribution in [0, 0.1) is 6.92 Å². The number of nitrogens with two attached hydrogens (primary N) is 1. The monoisotopic (exact) mass is 413 g/mol. The van der Waals surface area contributed by atoms with Crippen LogP contribution in [0.2, 0.25) is 0 Å². The Labute approximate surface area is 170 Å². The highest BCUT2D eigenvalue weighted by atomic mass is 32.2. The quantitative estimate of drug-likeness (QED) is 0.342. The summed E-state index contributed by atoms with van der Waals surface area (Å²) in [5.74, 6) is -0.204. The zero-order valence-electron chi connectivity index (χ0n) is 15.5. The highest BCUT2D eigenvalue weighted by Gasteiger charge is 2.15. The van der Waals surface area contributed by atoms with Crippen LogP contribution in [0.5, 0.6) is 0 Å². The lowest BCUT2D eigenvalue weighted by Gasteiger charge is -2.09. The first-order chi connectivity index (χ1) is 13.9. The molecule has 150 valence electrons. The Morgan fingerprint density at radius 1 is 1.24 bits per heavy atom. The van der Waals surface area contributed by atoms with Crippen LogP contribution < -0.4 is 21.9 Å². The maximum absolute atomic E-state index is 12.3. The van der Waals surface area contributed by atoms with E-state index in [1.165, 1.54) is 6.26 Å². The van der Waals surface area contributed by atoms with Gasteiger partial charge in [-0.25, -0.2) is 4.98 Å². The Morgan fingerprint density at radius 3 is 2.66 bits per heavy atom. The molecule has 0 bridgehead atoms. The number of benzene rings is 1. The second kappa shape index (κ2) is 9.11. The molecule has 0 aliphatic rings. The fourth-order valence-electron chi connectivity index (χ4n) is 2.33. The van der Waals surface area contributed by atoms with Crippen molar-refractivity contribution in [1.82, 2.24) is 15.3 Å². The summed E-state index contributed by atoms with van der Waals surface area (Å²) < 4.78 is 5.13. The van der Waals surface area contributed by atoms with Gasteiger partial charge in [0.15, 0.2) is 11.0 Å². The van der Waals surface area contributed by atoms with E-state index in [0.717, 1.165) is 17.3 Å². The van der Waals surface area contributed by atoms with E-state index in [9.17, 15) is 14.4 Å². The van der Waals surface area contributed by atoms with Crippen molar-refractivity contribution in [3.8, 4) is 0 Å². The Morgan fingerprint density at radius 2 is 2.00 bits per heavy atom. The number of amides is 2. The lowest BCUT2D eigenvalue weighted by molar-refractivity contribution is -0.118. The molecule has 3 aromatic rings. The number of rotatable bonds is 7. The summed E-state index contributed by atoms with van der Waals surface area (Å²) in [5.41, 5.74) is 6.49. The van der Waals surface area contributed by atoms with Gasteiger partial charge in [0.25, 0.3) is 11.5 Å². The normalized spacial score (nSPS) is 10.5. The van der Waals surface area contributed by atoms with Crippen molar-refractivity contribution in [1.29, 1.82) is 0 Å². The molecule has 29 heavy (non-hydrogen) atoms. The molecule has 0 unspecified atom stereocenters. The number of nitrogens with one attached hydrogen (secondary N) is 3. The predicted octanol–water partition coefficient (Wildman–Crippen LogP) is 1.91. The summed E-state index contributed by atoms with van der Waals surface area (Å²) in [6, 6.07) is 10.3. The standard InChI is InChI=1S/C19H19N5O4S/c1-11-4-6-12(7-5-11)17(26)22-15-16(20)23-19(24-18(15)27)29-10-14(25)21-9-13-3-2-8-28-13/h2-8H,9-10H2,1H3,(H,21,25)(H,22,26)(H3,20,23,24,27). The number of nitrogen functional groups attached to an aromatic ring is 1. The van der Waals surface area contributed by atoms with E-state index in [2.05, 4.69) is 20.6 Å². The van der Waals surface area contributed by atoms with Crippen LogP contribution >= 0.6 is 11.8 Å². The van der Waals surface area contributed by atoms with E-state index in [4.69, 9.17) is 10.2 Å². The van der Waals surface area contributed by atoms with E-state index in [1.54, 1.807) is 36.4 Å². The number of anilines is 2. The van der Waals surface area contributed by atoms with Crippen molar-refractivity contribution >= 4 is 35.1 Å². The van der Waals surface area contributed by atoms with Gasteiger partial charge in [-0.2, -0.15) is 0 Å². The zero-order chi connectivity index (χ0) is 20.8. The summed E-state index contributed by atoms with van der Waals surface area (Å²) >= 11 is 1.02. The molecular weight excluding hydrogens is 394 g/mol. The van der Waals surface area contributed by atoms with E-state index in [0.29, 0.717) is 11.3 Å². The van der Waals surface area contributed by atoms with Gasteiger partial charge in [-0.05, 0) is 31.2 Å². The molecule has 2 heterocycles. The average Bonchev–Trinajstić information content (AvgIpc) is 3.21. The SMILES string of the molecule is Cc1ccc(C(=O)Nc2c(N)nc(SCC(=O)NCc3ccco3)[nH]c2=O)cc1. The summed E-state index contributed by atoms with van der Waals surface area (Å²) in [4.78, 5) is 43.0. The second-order valence-electron chi connectivity index (χ2n) is 6.10. The first kappa shape index (κ1) is 20.2. The number of hydrogen-bond acceptors (Lipinski definition) is 7. The molecule has 2 amide bonds. The fourth-order valence-corrected chi connectivity index (χ4v) is 3.03. The molecule has 10 heteroatoms. The van der Waals surface area contributed by atoms with Crippen molar-refractivity contribution in [3.05, 3.63) is 69.9 Å². The topological polar surface area (TPSA) is 143 Å².